The number of ether oxygens (including phenoxy) is 1. The third-order valence-electron chi connectivity index (χ3n) is 3.11. The van der Waals surface area contributed by atoms with Crippen LogP contribution in [0.1, 0.15) is 12.8 Å². The molecule has 2 saturated heterocycles. The van der Waals surface area contributed by atoms with E-state index in [1.54, 1.807) is 4.90 Å². The molecule has 2 rings (SSSR count). The molecule has 2 aliphatic heterocycles. The van der Waals surface area contributed by atoms with Crippen molar-refractivity contribution < 1.29 is 19.4 Å². The van der Waals surface area contributed by atoms with Crippen molar-refractivity contribution in [3.63, 3.8) is 0 Å². The largest absolute Gasteiger partial charge is 0.465 e. The molecule has 2 amide bonds. The van der Waals surface area contributed by atoms with Gasteiger partial charge in [0.25, 0.3) is 0 Å². The van der Waals surface area contributed by atoms with Crippen LogP contribution in [-0.2, 0) is 9.53 Å². The first-order chi connectivity index (χ1) is 7.70. The summed E-state index contributed by atoms with van der Waals surface area (Å²) in [5.74, 6) is -0.0665. The number of hydrogen-bond donors (Lipinski definition) is 1. The van der Waals surface area contributed by atoms with Crippen molar-refractivity contribution in [2.45, 2.75) is 18.9 Å². The van der Waals surface area contributed by atoms with Gasteiger partial charge in [-0.3, -0.25) is 9.69 Å². The number of likely N-dealkylation sites (tertiary alicyclic amines) is 1. The predicted molar refractivity (Wildman–Crippen MR) is 55.2 cm³/mol. The molecule has 0 radical (unpaired) electrons. The standard InChI is InChI=1S/C10H16N2O4/c13-9(11-4-6-16-7-5-11)8-2-1-3-12(8)10(14)15/h8H,1-7H2,(H,14,15). The molecule has 2 heterocycles. The van der Waals surface area contributed by atoms with E-state index in [0.29, 0.717) is 39.3 Å². The minimum atomic E-state index is -0.996. The minimum absolute atomic E-state index is 0.0665. The fraction of sp³-hybridized carbons (Fsp3) is 0.800. The van der Waals surface area contributed by atoms with E-state index in [4.69, 9.17) is 9.84 Å². The van der Waals surface area contributed by atoms with Crippen LogP contribution in [0.2, 0.25) is 0 Å². The van der Waals surface area contributed by atoms with Gasteiger partial charge in [0.2, 0.25) is 5.91 Å². The summed E-state index contributed by atoms with van der Waals surface area (Å²) in [6, 6.07) is -0.476. The van der Waals surface area contributed by atoms with Gasteiger partial charge in [-0.1, -0.05) is 0 Å². The lowest BCUT2D eigenvalue weighted by Crippen LogP contribution is -2.50. The normalized spacial score (nSPS) is 25.9. The number of rotatable bonds is 1. The molecule has 0 aromatic rings. The number of morpholine rings is 1. The van der Waals surface area contributed by atoms with Crippen molar-refractivity contribution in [1.29, 1.82) is 0 Å². The third kappa shape index (κ3) is 2.11. The summed E-state index contributed by atoms with van der Waals surface area (Å²) in [5.41, 5.74) is 0. The third-order valence-corrected chi connectivity index (χ3v) is 3.11. The Morgan fingerprint density at radius 1 is 1.19 bits per heavy atom. The highest BCUT2D eigenvalue weighted by Gasteiger charge is 2.36. The molecule has 6 nitrogen and oxygen atoms in total. The van der Waals surface area contributed by atoms with Gasteiger partial charge < -0.3 is 14.7 Å². The van der Waals surface area contributed by atoms with Gasteiger partial charge in [-0.05, 0) is 12.8 Å². The first-order valence-corrected chi connectivity index (χ1v) is 5.56. The zero-order valence-corrected chi connectivity index (χ0v) is 9.09. The van der Waals surface area contributed by atoms with Crippen LogP contribution in [0.25, 0.3) is 0 Å². The van der Waals surface area contributed by atoms with Crippen molar-refractivity contribution in [3.8, 4) is 0 Å². The minimum Gasteiger partial charge on any atom is -0.465 e. The maximum absolute atomic E-state index is 12.1. The molecule has 0 aromatic carbocycles. The van der Waals surface area contributed by atoms with Crippen LogP contribution in [-0.4, -0.2) is 65.8 Å². The smallest absolute Gasteiger partial charge is 0.407 e. The molecule has 0 saturated carbocycles. The highest BCUT2D eigenvalue weighted by molar-refractivity contribution is 5.86. The molecule has 16 heavy (non-hydrogen) atoms. The van der Waals surface area contributed by atoms with Crippen LogP contribution in [0.5, 0.6) is 0 Å². The van der Waals surface area contributed by atoms with Gasteiger partial charge in [0.1, 0.15) is 6.04 Å². The van der Waals surface area contributed by atoms with E-state index in [9.17, 15) is 9.59 Å². The number of hydrogen-bond acceptors (Lipinski definition) is 3. The van der Waals surface area contributed by atoms with Gasteiger partial charge >= 0.3 is 6.09 Å². The van der Waals surface area contributed by atoms with Crippen LogP contribution in [0.15, 0.2) is 0 Å². The summed E-state index contributed by atoms with van der Waals surface area (Å²) in [7, 11) is 0. The summed E-state index contributed by atoms with van der Waals surface area (Å²) >= 11 is 0. The van der Waals surface area contributed by atoms with E-state index in [0.717, 1.165) is 6.42 Å². The Bertz CT molecular complexity index is 289. The first kappa shape index (κ1) is 11.2. The van der Waals surface area contributed by atoms with Crippen molar-refractivity contribution in [1.82, 2.24) is 9.80 Å². The maximum Gasteiger partial charge on any atom is 0.407 e. The second kappa shape index (κ2) is 4.69. The second-order valence-electron chi connectivity index (χ2n) is 4.07. The Morgan fingerprint density at radius 3 is 2.50 bits per heavy atom. The topological polar surface area (TPSA) is 70.1 Å². The van der Waals surface area contributed by atoms with Gasteiger partial charge in [-0.2, -0.15) is 0 Å². The molecule has 2 aliphatic rings. The van der Waals surface area contributed by atoms with Crippen LogP contribution < -0.4 is 0 Å². The Kier molecular flexibility index (Phi) is 3.28. The Morgan fingerprint density at radius 2 is 1.88 bits per heavy atom. The highest BCUT2D eigenvalue weighted by Crippen LogP contribution is 2.19. The summed E-state index contributed by atoms with van der Waals surface area (Å²) in [6.45, 7) is 2.71. The zero-order valence-electron chi connectivity index (χ0n) is 9.09. The van der Waals surface area contributed by atoms with Crippen molar-refractivity contribution in [2.75, 3.05) is 32.8 Å². The van der Waals surface area contributed by atoms with Gasteiger partial charge in [0.15, 0.2) is 0 Å². The lowest BCUT2D eigenvalue weighted by atomic mass is 10.2. The van der Waals surface area contributed by atoms with Crippen molar-refractivity contribution in [3.05, 3.63) is 0 Å². The molecule has 0 spiro atoms. The molecule has 1 atom stereocenters. The SMILES string of the molecule is O=C(C1CCCN1C(=O)O)N1CCOCC1. The zero-order chi connectivity index (χ0) is 11.5. The van der Waals surface area contributed by atoms with Crippen molar-refractivity contribution >= 4 is 12.0 Å². The first-order valence-electron chi connectivity index (χ1n) is 5.56. The fourth-order valence-electron chi connectivity index (χ4n) is 2.25. The Hall–Kier alpha value is -1.30. The highest BCUT2D eigenvalue weighted by atomic mass is 16.5. The summed E-state index contributed by atoms with van der Waals surface area (Å²) in [5, 5.41) is 8.96. The van der Waals surface area contributed by atoms with Crippen LogP contribution in [0.4, 0.5) is 4.79 Å². The Labute approximate surface area is 93.8 Å². The van der Waals surface area contributed by atoms with E-state index in [1.807, 2.05) is 0 Å². The number of carbonyl (C=O) groups is 2. The van der Waals surface area contributed by atoms with E-state index < -0.39 is 12.1 Å². The second-order valence-corrected chi connectivity index (χ2v) is 4.07. The van der Waals surface area contributed by atoms with Crippen molar-refractivity contribution in [2.24, 2.45) is 0 Å². The summed E-state index contributed by atoms with van der Waals surface area (Å²) in [4.78, 5) is 26.0. The molecule has 1 N–H and O–H groups in total. The van der Waals surface area contributed by atoms with Crippen LogP contribution >= 0.6 is 0 Å². The lowest BCUT2D eigenvalue weighted by Gasteiger charge is -2.31. The molecular weight excluding hydrogens is 212 g/mol. The summed E-state index contributed by atoms with van der Waals surface area (Å²) < 4.78 is 5.16. The van der Waals surface area contributed by atoms with Gasteiger partial charge in [-0.15, -0.1) is 0 Å². The number of amides is 2. The maximum atomic E-state index is 12.1. The Balaban J connectivity index is 1.99. The molecular formula is C10H16N2O4. The van der Waals surface area contributed by atoms with E-state index in [-0.39, 0.29) is 5.91 Å². The molecule has 2 fully saturated rings. The number of nitrogens with zero attached hydrogens (tertiary/aromatic N) is 2. The summed E-state index contributed by atoms with van der Waals surface area (Å²) in [6.07, 6.45) is 0.416. The molecule has 1 unspecified atom stereocenters. The molecule has 0 aromatic heterocycles. The monoisotopic (exact) mass is 228 g/mol. The van der Waals surface area contributed by atoms with Gasteiger partial charge in [0.05, 0.1) is 13.2 Å². The van der Waals surface area contributed by atoms with Gasteiger partial charge in [0, 0.05) is 19.6 Å². The quantitative estimate of drug-likeness (QED) is 0.685. The molecule has 90 valence electrons. The van der Waals surface area contributed by atoms with Crippen LogP contribution in [0, 0.1) is 0 Å². The molecule has 0 bridgehead atoms. The van der Waals surface area contributed by atoms with Crippen LogP contribution in [0.3, 0.4) is 0 Å². The average Bonchev–Trinajstić information content (AvgIpc) is 2.78. The molecule has 0 aliphatic carbocycles. The predicted octanol–water partition coefficient (Wildman–Crippen LogP) is -0.0124. The van der Waals surface area contributed by atoms with E-state index >= 15 is 0 Å². The lowest BCUT2D eigenvalue weighted by molar-refractivity contribution is -0.139. The van der Waals surface area contributed by atoms with E-state index in [2.05, 4.69) is 0 Å². The van der Waals surface area contributed by atoms with E-state index in [1.165, 1.54) is 4.90 Å². The average molecular weight is 228 g/mol. The fourth-order valence-corrected chi connectivity index (χ4v) is 2.25. The molecule has 6 heteroatoms. The number of carbonyl (C=O) groups excluding carboxylic acids is 1. The van der Waals surface area contributed by atoms with Gasteiger partial charge in [-0.25, -0.2) is 4.79 Å². The number of carboxylic acid groups (broad SMARTS) is 1.